The summed E-state index contributed by atoms with van der Waals surface area (Å²) in [6.07, 6.45) is 0.474. The summed E-state index contributed by atoms with van der Waals surface area (Å²) in [6.45, 7) is 0.161. The molecule has 0 aliphatic carbocycles. The van der Waals surface area contributed by atoms with Crippen molar-refractivity contribution in [3.05, 3.63) is 58.1 Å². The van der Waals surface area contributed by atoms with E-state index in [9.17, 15) is 18.5 Å². The van der Waals surface area contributed by atoms with Crippen molar-refractivity contribution in [2.75, 3.05) is 20.8 Å². The first-order valence-corrected chi connectivity index (χ1v) is 8.80. The van der Waals surface area contributed by atoms with Crippen molar-refractivity contribution >= 4 is 15.7 Å². The lowest BCUT2D eigenvalue weighted by Gasteiger charge is -2.08. The molecular weight excluding hydrogens is 348 g/mol. The third-order valence-corrected chi connectivity index (χ3v) is 4.98. The number of hydrogen-bond acceptors (Lipinski definition) is 6. The Morgan fingerprint density at radius 3 is 2.32 bits per heavy atom. The van der Waals surface area contributed by atoms with Crippen molar-refractivity contribution in [3.8, 4) is 11.5 Å². The van der Waals surface area contributed by atoms with Crippen LogP contribution in [0.3, 0.4) is 0 Å². The van der Waals surface area contributed by atoms with Crippen LogP contribution in [0.2, 0.25) is 0 Å². The zero-order chi connectivity index (χ0) is 18.4. The van der Waals surface area contributed by atoms with Crippen LogP contribution in [0.15, 0.2) is 47.4 Å². The number of nitrogens with zero attached hydrogens (tertiary/aromatic N) is 1. The van der Waals surface area contributed by atoms with Gasteiger partial charge < -0.3 is 9.47 Å². The molecule has 2 rings (SSSR count). The zero-order valence-corrected chi connectivity index (χ0v) is 14.6. The summed E-state index contributed by atoms with van der Waals surface area (Å²) in [7, 11) is -1.01. The molecule has 0 fully saturated rings. The lowest BCUT2D eigenvalue weighted by Crippen LogP contribution is -2.26. The van der Waals surface area contributed by atoms with Gasteiger partial charge in [-0.2, -0.15) is 0 Å². The van der Waals surface area contributed by atoms with Crippen molar-refractivity contribution in [2.45, 2.75) is 11.3 Å². The second-order valence-electron chi connectivity index (χ2n) is 5.09. The normalized spacial score (nSPS) is 11.1. The topological polar surface area (TPSA) is 108 Å². The number of nitro benzene ring substituents is 1. The summed E-state index contributed by atoms with van der Waals surface area (Å²) >= 11 is 0. The van der Waals surface area contributed by atoms with Crippen molar-refractivity contribution < 1.29 is 22.8 Å². The van der Waals surface area contributed by atoms with Crippen molar-refractivity contribution in [1.82, 2.24) is 4.72 Å². The number of sulfonamides is 1. The summed E-state index contributed by atoms with van der Waals surface area (Å²) in [5, 5.41) is 11.0. The SMILES string of the molecule is COc1ccc(CCNS(=O)(=O)c2ccc(OC)c([N+](=O)[O-])c2)cc1. The molecule has 25 heavy (non-hydrogen) atoms. The van der Waals surface area contributed by atoms with Crippen LogP contribution in [0.5, 0.6) is 11.5 Å². The number of ether oxygens (including phenoxy) is 2. The van der Waals surface area contributed by atoms with Gasteiger partial charge >= 0.3 is 5.69 Å². The fourth-order valence-corrected chi connectivity index (χ4v) is 3.24. The van der Waals surface area contributed by atoms with Gasteiger partial charge in [-0.1, -0.05) is 12.1 Å². The molecule has 9 heteroatoms. The Bertz CT molecular complexity index is 849. The van der Waals surface area contributed by atoms with Gasteiger partial charge in [0.15, 0.2) is 5.75 Å². The van der Waals surface area contributed by atoms with Gasteiger partial charge in [-0.3, -0.25) is 10.1 Å². The van der Waals surface area contributed by atoms with E-state index < -0.39 is 20.6 Å². The smallest absolute Gasteiger partial charge is 0.312 e. The molecule has 0 saturated heterocycles. The summed E-state index contributed by atoms with van der Waals surface area (Å²) in [5.41, 5.74) is 0.532. The highest BCUT2D eigenvalue weighted by Gasteiger charge is 2.21. The summed E-state index contributed by atoms with van der Waals surface area (Å²) in [4.78, 5) is 10.1. The quantitative estimate of drug-likeness (QED) is 0.566. The third kappa shape index (κ3) is 4.68. The molecule has 0 bridgehead atoms. The predicted molar refractivity (Wildman–Crippen MR) is 91.5 cm³/mol. The molecule has 0 amide bonds. The van der Waals surface area contributed by atoms with E-state index in [4.69, 9.17) is 9.47 Å². The van der Waals surface area contributed by atoms with Crippen LogP contribution in [0.25, 0.3) is 0 Å². The number of hydrogen-bond donors (Lipinski definition) is 1. The Morgan fingerprint density at radius 1 is 1.08 bits per heavy atom. The maximum atomic E-state index is 12.3. The van der Waals surface area contributed by atoms with Gasteiger partial charge in [0, 0.05) is 12.6 Å². The van der Waals surface area contributed by atoms with Crippen molar-refractivity contribution in [1.29, 1.82) is 0 Å². The van der Waals surface area contributed by atoms with Crippen LogP contribution >= 0.6 is 0 Å². The molecule has 0 aliphatic heterocycles. The van der Waals surface area contributed by atoms with Gasteiger partial charge in [-0.05, 0) is 36.2 Å². The van der Waals surface area contributed by atoms with E-state index >= 15 is 0 Å². The van der Waals surface area contributed by atoms with Crippen LogP contribution in [0.1, 0.15) is 5.56 Å². The first-order valence-electron chi connectivity index (χ1n) is 7.32. The standard InChI is InChI=1S/C16H18N2O6S/c1-23-13-5-3-12(4-6-13)9-10-17-25(21,22)14-7-8-16(24-2)15(11-14)18(19)20/h3-8,11,17H,9-10H2,1-2H3. The van der Waals surface area contributed by atoms with E-state index in [-0.39, 0.29) is 17.2 Å². The van der Waals surface area contributed by atoms with Gasteiger partial charge in [0.2, 0.25) is 10.0 Å². The number of methoxy groups -OCH3 is 2. The Labute approximate surface area is 145 Å². The molecule has 2 aromatic carbocycles. The molecule has 0 heterocycles. The Morgan fingerprint density at radius 2 is 1.76 bits per heavy atom. The second-order valence-corrected chi connectivity index (χ2v) is 6.85. The average Bonchev–Trinajstić information content (AvgIpc) is 2.61. The molecule has 0 spiro atoms. The van der Waals surface area contributed by atoms with Crippen LogP contribution in [-0.4, -0.2) is 34.1 Å². The predicted octanol–water partition coefficient (Wildman–Crippen LogP) is 2.13. The molecule has 0 aromatic heterocycles. The highest BCUT2D eigenvalue weighted by atomic mass is 32.2. The van der Waals surface area contributed by atoms with Crippen LogP contribution < -0.4 is 14.2 Å². The molecule has 2 aromatic rings. The lowest BCUT2D eigenvalue weighted by molar-refractivity contribution is -0.386. The molecule has 0 unspecified atom stereocenters. The lowest BCUT2D eigenvalue weighted by atomic mass is 10.1. The van der Waals surface area contributed by atoms with Crippen molar-refractivity contribution in [2.24, 2.45) is 0 Å². The van der Waals surface area contributed by atoms with Gasteiger partial charge in [0.05, 0.1) is 24.0 Å². The summed E-state index contributed by atoms with van der Waals surface area (Å²) < 4.78 is 37.0. The first kappa shape index (κ1) is 18.7. The minimum absolute atomic E-state index is 0.00202. The molecular formula is C16H18N2O6S. The maximum absolute atomic E-state index is 12.3. The van der Waals surface area contributed by atoms with E-state index in [1.165, 1.54) is 19.2 Å². The molecule has 134 valence electrons. The fraction of sp³-hybridized carbons (Fsp3) is 0.250. The summed E-state index contributed by atoms with van der Waals surface area (Å²) in [6, 6.07) is 10.8. The summed E-state index contributed by atoms with van der Waals surface area (Å²) in [5.74, 6) is 0.719. The third-order valence-electron chi connectivity index (χ3n) is 3.52. The van der Waals surface area contributed by atoms with Gasteiger partial charge in [-0.25, -0.2) is 13.1 Å². The fourth-order valence-electron chi connectivity index (χ4n) is 2.18. The highest BCUT2D eigenvalue weighted by Crippen LogP contribution is 2.29. The number of nitro groups is 1. The molecule has 0 radical (unpaired) electrons. The Balaban J connectivity index is 2.08. The van der Waals surface area contributed by atoms with Crippen LogP contribution in [0.4, 0.5) is 5.69 Å². The van der Waals surface area contributed by atoms with E-state index in [1.807, 2.05) is 12.1 Å². The van der Waals surface area contributed by atoms with Crippen molar-refractivity contribution in [3.63, 3.8) is 0 Å². The zero-order valence-electron chi connectivity index (χ0n) is 13.8. The average molecular weight is 366 g/mol. The molecule has 1 N–H and O–H groups in total. The van der Waals surface area contributed by atoms with Gasteiger partial charge in [0.25, 0.3) is 0 Å². The molecule has 8 nitrogen and oxygen atoms in total. The van der Waals surface area contributed by atoms with E-state index in [0.29, 0.717) is 6.42 Å². The second kappa shape index (κ2) is 7.95. The minimum atomic E-state index is -3.86. The van der Waals surface area contributed by atoms with Crippen LogP contribution in [0, 0.1) is 10.1 Å². The molecule has 0 aliphatic rings. The van der Waals surface area contributed by atoms with Crippen LogP contribution in [-0.2, 0) is 16.4 Å². The molecule has 0 saturated carbocycles. The maximum Gasteiger partial charge on any atom is 0.312 e. The Hall–Kier alpha value is -2.65. The van der Waals surface area contributed by atoms with Gasteiger partial charge in [-0.15, -0.1) is 0 Å². The van der Waals surface area contributed by atoms with E-state index in [2.05, 4.69) is 4.72 Å². The van der Waals surface area contributed by atoms with E-state index in [1.54, 1.807) is 19.2 Å². The highest BCUT2D eigenvalue weighted by molar-refractivity contribution is 7.89. The van der Waals surface area contributed by atoms with E-state index in [0.717, 1.165) is 17.4 Å². The van der Waals surface area contributed by atoms with Gasteiger partial charge in [0.1, 0.15) is 5.75 Å². The Kier molecular flexibility index (Phi) is 5.94. The number of rotatable bonds is 8. The number of benzene rings is 2. The first-order chi connectivity index (χ1) is 11.9. The monoisotopic (exact) mass is 366 g/mol. The largest absolute Gasteiger partial charge is 0.497 e. The minimum Gasteiger partial charge on any atom is -0.497 e. The number of nitrogens with one attached hydrogen (secondary N) is 1. The molecule has 0 atom stereocenters.